The van der Waals surface area contributed by atoms with Crippen LogP contribution in [0, 0.1) is 0 Å². The number of hydrogen-bond acceptors (Lipinski definition) is 3. The first-order valence-electron chi connectivity index (χ1n) is 7.65. The van der Waals surface area contributed by atoms with Gasteiger partial charge in [-0.1, -0.05) is 19.1 Å². The number of methoxy groups -OCH3 is 1. The lowest BCUT2D eigenvalue weighted by molar-refractivity contribution is 0.414. The van der Waals surface area contributed by atoms with Gasteiger partial charge in [-0.05, 0) is 49.6 Å². The van der Waals surface area contributed by atoms with Crippen molar-refractivity contribution >= 4 is 0 Å². The van der Waals surface area contributed by atoms with E-state index in [1.54, 1.807) is 7.11 Å². The van der Waals surface area contributed by atoms with Gasteiger partial charge < -0.3 is 10.1 Å². The Morgan fingerprint density at radius 1 is 1.24 bits per heavy atom. The van der Waals surface area contributed by atoms with Gasteiger partial charge in [0.1, 0.15) is 5.75 Å². The second-order valence-electron chi connectivity index (χ2n) is 5.19. The summed E-state index contributed by atoms with van der Waals surface area (Å²) in [5.41, 5.74) is 2.55. The topological polar surface area (TPSA) is 39.1 Å². The van der Waals surface area contributed by atoms with E-state index >= 15 is 0 Å². The first-order chi connectivity index (χ1) is 10.3. The Morgan fingerprint density at radius 3 is 2.57 bits per heavy atom. The van der Waals surface area contributed by atoms with Crippen molar-refractivity contribution in [3.63, 3.8) is 0 Å². The van der Waals surface area contributed by atoms with Crippen LogP contribution in [-0.4, -0.2) is 23.4 Å². The molecular weight excluding hydrogens is 262 g/mol. The Balaban J connectivity index is 2.12. The van der Waals surface area contributed by atoms with Crippen LogP contribution in [0.15, 0.2) is 36.7 Å². The highest BCUT2D eigenvalue weighted by Gasteiger charge is 2.13. The van der Waals surface area contributed by atoms with Crippen molar-refractivity contribution in [2.45, 2.75) is 39.3 Å². The van der Waals surface area contributed by atoms with Crippen LogP contribution < -0.4 is 10.1 Å². The summed E-state index contributed by atoms with van der Waals surface area (Å²) >= 11 is 0. The van der Waals surface area contributed by atoms with E-state index in [9.17, 15) is 0 Å². The zero-order chi connectivity index (χ0) is 15.1. The van der Waals surface area contributed by atoms with Gasteiger partial charge in [-0.3, -0.25) is 4.68 Å². The van der Waals surface area contributed by atoms with Gasteiger partial charge >= 0.3 is 0 Å². The van der Waals surface area contributed by atoms with E-state index in [0.717, 1.165) is 31.7 Å². The maximum absolute atomic E-state index is 5.23. The van der Waals surface area contributed by atoms with Crippen molar-refractivity contribution in [3.8, 4) is 5.75 Å². The molecule has 0 aliphatic carbocycles. The molecule has 4 nitrogen and oxygen atoms in total. The van der Waals surface area contributed by atoms with Gasteiger partial charge in [0.2, 0.25) is 0 Å². The molecule has 2 aromatic rings. The molecule has 0 spiro atoms. The molecule has 0 fully saturated rings. The highest BCUT2D eigenvalue weighted by Crippen LogP contribution is 2.21. The molecule has 1 unspecified atom stereocenters. The number of benzene rings is 1. The third-order valence-corrected chi connectivity index (χ3v) is 3.61. The van der Waals surface area contributed by atoms with Gasteiger partial charge in [-0.15, -0.1) is 0 Å². The zero-order valence-corrected chi connectivity index (χ0v) is 13.2. The first-order valence-corrected chi connectivity index (χ1v) is 7.65. The molecule has 0 bridgehead atoms. The first kappa shape index (κ1) is 15.6. The normalized spacial score (nSPS) is 12.3. The summed E-state index contributed by atoms with van der Waals surface area (Å²) < 4.78 is 7.20. The lowest BCUT2D eigenvalue weighted by Crippen LogP contribution is -2.24. The number of nitrogens with zero attached hydrogens (tertiary/aromatic N) is 2. The van der Waals surface area contributed by atoms with Crippen LogP contribution in [0.25, 0.3) is 0 Å². The van der Waals surface area contributed by atoms with E-state index in [0.29, 0.717) is 6.04 Å². The van der Waals surface area contributed by atoms with E-state index in [2.05, 4.69) is 42.6 Å². The number of nitrogens with one attached hydrogen (secondary N) is 1. The number of rotatable bonds is 8. The molecule has 0 amide bonds. The van der Waals surface area contributed by atoms with Crippen LogP contribution in [0.1, 0.15) is 37.4 Å². The average Bonchev–Trinajstić information content (AvgIpc) is 2.99. The maximum atomic E-state index is 5.23. The minimum atomic E-state index is 0.311. The monoisotopic (exact) mass is 287 g/mol. The Bertz CT molecular complexity index is 533. The molecule has 0 saturated carbocycles. The van der Waals surface area contributed by atoms with Gasteiger partial charge in [0.25, 0.3) is 0 Å². The highest BCUT2D eigenvalue weighted by molar-refractivity contribution is 5.30. The molecule has 1 aromatic carbocycles. The summed E-state index contributed by atoms with van der Waals surface area (Å²) in [7, 11) is 1.70. The van der Waals surface area contributed by atoms with Gasteiger partial charge in [0.15, 0.2) is 0 Å². The van der Waals surface area contributed by atoms with Crippen molar-refractivity contribution in [2.75, 3.05) is 13.7 Å². The third kappa shape index (κ3) is 4.33. The summed E-state index contributed by atoms with van der Waals surface area (Å²) in [6, 6.07) is 8.62. The van der Waals surface area contributed by atoms with E-state index in [1.165, 1.54) is 11.1 Å². The number of aryl methyl sites for hydroxylation is 1. The number of aromatic nitrogens is 2. The summed E-state index contributed by atoms with van der Waals surface area (Å²) in [6.07, 6.45) is 6.17. The molecule has 21 heavy (non-hydrogen) atoms. The fraction of sp³-hybridized carbons (Fsp3) is 0.471. The molecule has 1 atom stereocenters. The van der Waals surface area contributed by atoms with Crippen LogP contribution in [0.3, 0.4) is 0 Å². The van der Waals surface area contributed by atoms with E-state index in [-0.39, 0.29) is 0 Å². The van der Waals surface area contributed by atoms with Crippen LogP contribution in [0.2, 0.25) is 0 Å². The molecule has 0 saturated heterocycles. The molecule has 1 heterocycles. The third-order valence-electron chi connectivity index (χ3n) is 3.61. The van der Waals surface area contributed by atoms with Crippen molar-refractivity contribution < 1.29 is 4.74 Å². The quantitative estimate of drug-likeness (QED) is 0.810. The molecule has 1 aromatic heterocycles. The predicted octanol–water partition coefficient (Wildman–Crippen LogP) is 3.20. The van der Waals surface area contributed by atoms with Gasteiger partial charge in [-0.25, -0.2) is 0 Å². The van der Waals surface area contributed by atoms with E-state index in [4.69, 9.17) is 4.74 Å². The zero-order valence-electron chi connectivity index (χ0n) is 13.2. The van der Waals surface area contributed by atoms with Crippen LogP contribution in [0.5, 0.6) is 5.75 Å². The molecule has 114 valence electrons. The standard InChI is InChI=1S/C17H25N3O/c1-4-10-18-17(11-14-12-19-20(5-2)13-14)15-6-8-16(21-3)9-7-15/h6-9,12-13,17-18H,4-5,10-11H2,1-3H3. The van der Waals surface area contributed by atoms with Crippen molar-refractivity contribution in [2.24, 2.45) is 0 Å². The minimum absolute atomic E-state index is 0.311. The Morgan fingerprint density at radius 2 is 2.00 bits per heavy atom. The summed E-state index contributed by atoms with van der Waals surface area (Å²) in [5, 5.41) is 7.98. The maximum Gasteiger partial charge on any atom is 0.118 e. The molecule has 0 aliphatic heterocycles. The lowest BCUT2D eigenvalue weighted by atomic mass is 10.0. The predicted molar refractivity (Wildman–Crippen MR) is 85.6 cm³/mol. The molecule has 4 heteroatoms. The lowest BCUT2D eigenvalue weighted by Gasteiger charge is -2.18. The van der Waals surface area contributed by atoms with Gasteiger partial charge in [0, 0.05) is 18.8 Å². The highest BCUT2D eigenvalue weighted by atomic mass is 16.5. The minimum Gasteiger partial charge on any atom is -0.497 e. The second kappa shape index (κ2) is 7.84. The molecule has 0 radical (unpaired) electrons. The Hall–Kier alpha value is -1.81. The second-order valence-corrected chi connectivity index (χ2v) is 5.19. The Kier molecular flexibility index (Phi) is 5.81. The van der Waals surface area contributed by atoms with Crippen LogP contribution >= 0.6 is 0 Å². The number of hydrogen-bond donors (Lipinski definition) is 1. The molecular formula is C17H25N3O. The summed E-state index contributed by atoms with van der Waals surface area (Å²) in [6.45, 7) is 6.22. The summed E-state index contributed by atoms with van der Waals surface area (Å²) in [4.78, 5) is 0. The van der Waals surface area contributed by atoms with E-state index in [1.807, 2.05) is 23.0 Å². The summed E-state index contributed by atoms with van der Waals surface area (Å²) in [5.74, 6) is 0.895. The number of ether oxygens (including phenoxy) is 1. The van der Waals surface area contributed by atoms with Crippen molar-refractivity contribution in [1.29, 1.82) is 0 Å². The van der Waals surface area contributed by atoms with E-state index < -0.39 is 0 Å². The smallest absolute Gasteiger partial charge is 0.118 e. The Labute approximate surface area is 127 Å². The molecule has 1 N–H and O–H groups in total. The molecule has 2 rings (SSSR count). The van der Waals surface area contributed by atoms with Gasteiger partial charge in [0.05, 0.1) is 13.3 Å². The van der Waals surface area contributed by atoms with Crippen molar-refractivity contribution in [1.82, 2.24) is 15.1 Å². The fourth-order valence-electron chi connectivity index (χ4n) is 2.38. The molecule has 0 aliphatic rings. The van der Waals surface area contributed by atoms with Crippen molar-refractivity contribution in [3.05, 3.63) is 47.8 Å². The van der Waals surface area contributed by atoms with Crippen LogP contribution in [-0.2, 0) is 13.0 Å². The average molecular weight is 287 g/mol. The largest absolute Gasteiger partial charge is 0.497 e. The van der Waals surface area contributed by atoms with Gasteiger partial charge in [-0.2, -0.15) is 5.10 Å². The SMILES string of the molecule is CCCNC(Cc1cnn(CC)c1)c1ccc(OC)cc1. The fourth-order valence-corrected chi connectivity index (χ4v) is 2.38. The van der Waals surface area contributed by atoms with Crippen LogP contribution in [0.4, 0.5) is 0 Å².